The lowest BCUT2D eigenvalue weighted by Crippen LogP contribution is -2.50. The summed E-state index contributed by atoms with van der Waals surface area (Å²) in [5.41, 5.74) is 0. The maximum atomic E-state index is 12.6. The molecule has 1 aliphatic rings. The zero-order chi connectivity index (χ0) is 16.1. The Balaban J connectivity index is 1.54. The molecular formula is C16H19N5OS. The van der Waals surface area contributed by atoms with Gasteiger partial charge in [0, 0.05) is 44.8 Å². The first-order valence-electron chi connectivity index (χ1n) is 7.62. The fraction of sp³-hybridized carbons (Fsp3) is 0.375. The van der Waals surface area contributed by atoms with E-state index in [9.17, 15) is 4.79 Å². The number of aromatic nitrogens is 3. The lowest BCUT2D eigenvalue weighted by Gasteiger charge is -2.36. The van der Waals surface area contributed by atoms with E-state index in [1.807, 2.05) is 30.0 Å². The molecule has 3 heterocycles. The highest BCUT2D eigenvalue weighted by Gasteiger charge is 2.26. The number of hydrogen-bond donors (Lipinski definition) is 0. The molecule has 1 saturated heterocycles. The molecule has 1 atom stereocenters. The van der Waals surface area contributed by atoms with Crippen LogP contribution in [0.2, 0.25) is 0 Å². The second kappa shape index (κ2) is 7.41. The topological polar surface area (TPSA) is 62.2 Å². The molecule has 0 aromatic carbocycles. The Hall–Kier alpha value is -2.15. The second-order valence-electron chi connectivity index (χ2n) is 5.29. The van der Waals surface area contributed by atoms with Gasteiger partial charge in [-0.3, -0.25) is 4.79 Å². The van der Waals surface area contributed by atoms with E-state index in [1.165, 1.54) is 11.8 Å². The quantitative estimate of drug-likeness (QED) is 0.628. The summed E-state index contributed by atoms with van der Waals surface area (Å²) in [5.74, 6) is 1.11. The van der Waals surface area contributed by atoms with Gasteiger partial charge in [0.15, 0.2) is 5.16 Å². The lowest BCUT2D eigenvalue weighted by atomic mass is 10.2. The number of amides is 1. The fourth-order valence-electron chi connectivity index (χ4n) is 2.51. The molecule has 0 N–H and O–H groups in total. The van der Waals surface area contributed by atoms with Gasteiger partial charge in [-0.1, -0.05) is 17.8 Å². The van der Waals surface area contributed by atoms with Crippen molar-refractivity contribution in [3.05, 3.63) is 42.9 Å². The third kappa shape index (κ3) is 3.98. The Labute approximate surface area is 140 Å². The van der Waals surface area contributed by atoms with Crippen molar-refractivity contribution < 1.29 is 4.79 Å². The highest BCUT2D eigenvalue weighted by Crippen LogP contribution is 2.21. The number of anilines is 1. The number of pyridine rings is 1. The van der Waals surface area contributed by atoms with Crippen LogP contribution in [-0.2, 0) is 4.79 Å². The zero-order valence-electron chi connectivity index (χ0n) is 13.0. The zero-order valence-corrected chi connectivity index (χ0v) is 13.8. The molecule has 1 fully saturated rings. The van der Waals surface area contributed by atoms with Crippen LogP contribution in [0.3, 0.4) is 0 Å². The van der Waals surface area contributed by atoms with Crippen LogP contribution < -0.4 is 4.90 Å². The van der Waals surface area contributed by atoms with E-state index >= 15 is 0 Å². The van der Waals surface area contributed by atoms with Crippen molar-refractivity contribution in [2.45, 2.75) is 17.3 Å². The summed E-state index contributed by atoms with van der Waals surface area (Å²) in [6, 6.07) is 7.67. The number of thioether (sulfide) groups is 1. The van der Waals surface area contributed by atoms with E-state index in [2.05, 4.69) is 19.9 Å². The first-order valence-corrected chi connectivity index (χ1v) is 8.50. The summed E-state index contributed by atoms with van der Waals surface area (Å²) in [5, 5.41) is 0.458. The van der Waals surface area contributed by atoms with Crippen LogP contribution in [-0.4, -0.2) is 57.2 Å². The molecule has 6 nitrogen and oxygen atoms in total. The van der Waals surface area contributed by atoms with Crippen molar-refractivity contribution >= 4 is 23.5 Å². The molecule has 0 saturated carbocycles. The summed E-state index contributed by atoms with van der Waals surface area (Å²) in [4.78, 5) is 29.4. The molecule has 0 spiro atoms. The summed E-state index contributed by atoms with van der Waals surface area (Å²) < 4.78 is 0. The number of nitrogens with zero attached hydrogens (tertiary/aromatic N) is 5. The predicted octanol–water partition coefficient (Wildman–Crippen LogP) is 1.70. The number of carbonyl (C=O) groups excluding carboxylic acids is 1. The molecule has 1 unspecified atom stereocenters. The molecule has 7 heteroatoms. The van der Waals surface area contributed by atoms with E-state index in [-0.39, 0.29) is 11.2 Å². The van der Waals surface area contributed by atoms with Crippen molar-refractivity contribution in [1.82, 2.24) is 19.9 Å². The Morgan fingerprint density at radius 2 is 1.74 bits per heavy atom. The van der Waals surface area contributed by atoms with Crippen LogP contribution in [0.5, 0.6) is 0 Å². The highest BCUT2D eigenvalue weighted by molar-refractivity contribution is 8.00. The third-order valence-corrected chi connectivity index (χ3v) is 4.71. The van der Waals surface area contributed by atoms with Crippen LogP contribution in [0, 0.1) is 0 Å². The smallest absolute Gasteiger partial charge is 0.236 e. The maximum absolute atomic E-state index is 12.6. The van der Waals surface area contributed by atoms with Gasteiger partial charge in [-0.15, -0.1) is 0 Å². The van der Waals surface area contributed by atoms with E-state index < -0.39 is 0 Å². The summed E-state index contributed by atoms with van der Waals surface area (Å²) >= 11 is 1.40. The molecule has 0 aliphatic carbocycles. The van der Waals surface area contributed by atoms with Gasteiger partial charge in [0.25, 0.3) is 0 Å². The maximum Gasteiger partial charge on any atom is 0.236 e. The summed E-state index contributed by atoms with van der Waals surface area (Å²) in [6.07, 6.45) is 5.18. The average molecular weight is 329 g/mol. The van der Waals surface area contributed by atoms with E-state index in [4.69, 9.17) is 0 Å². The number of piperazine rings is 1. The molecule has 23 heavy (non-hydrogen) atoms. The molecule has 0 bridgehead atoms. The second-order valence-corrected chi connectivity index (χ2v) is 6.60. The van der Waals surface area contributed by atoms with Gasteiger partial charge in [0.2, 0.25) is 5.91 Å². The monoisotopic (exact) mass is 329 g/mol. The Bertz CT molecular complexity index is 631. The van der Waals surface area contributed by atoms with Crippen LogP contribution >= 0.6 is 11.8 Å². The van der Waals surface area contributed by atoms with Gasteiger partial charge < -0.3 is 9.80 Å². The summed E-state index contributed by atoms with van der Waals surface area (Å²) in [7, 11) is 0. The van der Waals surface area contributed by atoms with Crippen molar-refractivity contribution in [2.24, 2.45) is 0 Å². The van der Waals surface area contributed by atoms with Crippen LogP contribution in [0.4, 0.5) is 5.82 Å². The Kier molecular flexibility index (Phi) is 5.07. The van der Waals surface area contributed by atoms with Gasteiger partial charge in [0.05, 0.1) is 5.25 Å². The van der Waals surface area contributed by atoms with Crippen LogP contribution in [0.1, 0.15) is 6.92 Å². The Morgan fingerprint density at radius 3 is 2.39 bits per heavy atom. The predicted molar refractivity (Wildman–Crippen MR) is 90.4 cm³/mol. The lowest BCUT2D eigenvalue weighted by molar-refractivity contribution is -0.130. The van der Waals surface area contributed by atoms with E-state index in [1.54, 1.807) is 24.7 Å². The minimum Gasteiger partial charge on any atom is -0.353 e. The van der Waals surface area contributed by atoms with Crippen LogP contribution in [0.15, 0.2) is 48.0 Å². The molecule has 3 rings (SSSR count). The molecule has 2 aromatic heterocycles. The third-order valence-electron chi connectivity index (χ3n) is 3.74. The van der Waals surface area contributed by atoms with Crippen LogP contribution in [0.25, 0.3) is 0 Å². The standard InChI is InChI=1S/C16H19N5OS/c1-13(23-16-18-7-4-8-19-16)15(22)21-11-9-20(10-12-21)14-5-2-3-6-17-14/h2-8,13H,9-12H2,1H3. The first kappa shape index (κ1) is 15.7. The largest absolute Gasteiger partial charge is 0.353 e. The molecule has 2 aromatic rings. The number of rotatable bonds is 4. The van der Waals surface area contributed by atoms with Gasteiger partial charge in [-0.25, -0.2) is 15.0 Å². The minimum absolute atomic E-state index is 0.142. The SMILES string of the molecule is CC(Sc1ncccn1)C(=O)N1CCN(c2ccccn2)CC1. The van der Waals surface area contributed by atoms with Crippen molar-refractivity contribution in [2.75, 3.05) is 31.1 Å². The van der Waals surface area contributed by atoms with Crippen molar-refractivity contribution in [3.8, 4) is 0 Å². The molecule has 0 radical (unpaired) electrons. The normalized spacial score (nSPS) is 16.2. The molecule has 120 valence electrons. The van der Waals surface area contributed by atoms with Crippen molar-refractivity contribution in [3.63, 3.8) is 0 Å². The molecular weight excluding hydrogens is 310 g/mol. The van der Waals surface area contributed by atoms with E-state index in [0.717, 1.165) is 32.0 Å². The average Bonchev–Trinajstić information content (AvgIpc) is 2.63. The molecule has 1 amide bonds. The highest BCUT2D eigenvalue weighted by atomic mass is 32.2. The van der Waals surface area contributed by atoms with Gasteiger partial charge in [-0.2, -0.15) is 0 Å². The van der Waals surface area contributed by atoms with E-state index in [0.29, 0.717) is 5.16 Å². The van der Waals surface area contributed by atoms with Gasteiger partial charge in [-0.05, 0) is 25.1 Å². The first-order chi connectivity index (χ1) is 11.2. The van der Waals surface area contributed by atoms with Gasteiger partial charge >= 0.3 is 0 Å². The molecule has 1 aliphatic heterocycles. The number of hydrogen-bond acceptors (Lipinski definition) is 6. The minimum atomic E-state index is -0.182. The number of carbonyl (C=O) groups is 1. The fourth-order valence-corrected chi connectivity index (χ4v) is 3.32. The van der Waals surface area contributed by atoms with Crippen molar-refractivity contribution in [1.29, 1.82) is 0 Å². The van der Waals surface area contributed by atoms with Gasteiger partial charge in [0.1, 0.15) is 5.82 Å². The Morgan fingerprint density at radius 1 is 1.04 bits per heavy atom. The summed E-state index contributed by atoms with van der Waals surface area (Å²) in [6.45, 7) is 4.96.